The summed E-state index contributed by atoms with van der Waals surface area (Å²) < 4.78 is 53.7. The van der Waals surface area contributed by atoms with Crippen LogP contribution in [0.15, 0.2) is 18.2 Å². The summed E-state index contributed by atoms with van der Waals surface area (Å²) in [5.74, 6) is -1.07. The second-order valence-electron chi connectivity index (χ2n) is 2.83. The Labute approximate surface area is 83.1 Å². The molecule has 1 aromatic carbocycles. The summed E-state index contributed by atoms with van der Waals surface area (Å²) in [5.41, 5.74) is -0.508. The number of alkyl halides is 3. The lowest BCUT2D eigenvalue weighted by molar-refractivity contribution is -0.207. The number of hydrogen-bond acceptors (Lipinski definition) is 2. The summed E-state index contributed by atoms with van der Waals surface area (Å²) in [6, 6.07) is 2.45. The standard InChI is InChI=1S/C9H8F4O2/c1-15-7-4-5(10)2-3-6(7)8(14)9(11,12)13/h2-4,8,14H,1H3. The molecule has 0 aliphatic carbocycles. The molecule has 1 N–H and O–H groups in total. The van der Waals surface area contributed by atoms with Gasteiger partial charge in [0.2, 0.25) is 0 Å². The number of aliphatic hydroxyl groups is 1. The summed E-state index contributed by atoms with van der Waals surface area (Å²) in [4.78, 5) is 0. The molecule has 0 spiro atoms. The van der Waals surface area contributed by atoms with Crippen molar-refractivity contribution < 1.29 is 27.4 Å². The fraction of sp³-hybridized carbons (Fsp3) is 0.333. The van der Waals surface area contributed by atoms with Crippen LogP contribution in [-0.2, 0) is 0 Å². The van der Waals surface area contributed by atoms with Crippen LogP contribution in [-0.4, -0.2) is 18.4 Å². The van der Waals surface area contributed by atoms with Gasteiger partial charge in [-0.2, -0.15) is 13.2 Å². The largest absolute Gasteiger partial charge is 0.496 e. The molecule has 1 aromatic rings. The second-order valence-corrected chi connectivity index (χ2v) is 2.83. The van der Waals surface area contributed by atoms with E-state index in [1.807, 2.05) is 0 Å². The molecule has 0 aromatic heterocycles. The molecule has 0 amide bonds. The van der Waals surface area contributed by atoms with E-state index in [4.69, 9.17) is 5.11 Å². The van der Waals surface area contributed by atoms with E-state index in [0.717, 1.165) is 25.3 Å². The van der Waals surface area contributed by atoms with E-state index in [1.54, 1.807) is 0 Å². The van der Waals surface area contributed by atoms with E-state index >= 15 is 0 Å². The number of rotatable bonds is 2. The number of halogens is 4. The Morgan fingerprint density at radius 3 is 2.40 bits per heavy atom. The molecule has 84 valence electrons. The van der Waals surface area contributed by atoms with Gasteiger partial charge >= 0.3 is 6.18 Å². The van der Waals surface area contributed by atoms with E-state index in [2.05, 4.69) is 4.74 Å². The zero-order valence-corrected chi connectivity index (χ0v) is 7.68. The normalized spacial score (nSPS) is 13.7. The zero-order valence-electron chi connectivity index (χ0n) is 7.68. The number of methoxy groups -OCH3 is 1. The van der Waals surface area contributed by atoms with Crippen molar-refractivity contribution in [2.45, 2.75) is 12.3 Å². The summed E-state index contributed by atoms with van der Waals surface area (Å²) in [5, 5.41) is 8.93. The van der Waals surface area contributed by atoms with Gasteiger partial charge in [-0.1, -0.05) is 0 Å². The van der Waals surface area contributed by atoms with E-state index in [1.165, 1.54) is 0 Å². The first-order valence-electron chi connectivity index (χ1n) is 3.94. The predicted molar refractivity (Wildman–Crippen MR) is 44.0 cm³/mol. The fourth-order valence-electron chi connectivity index (χ4n) is 1.09. The maximum atomic E-state index is 12.7. The Morgan fingerprint density at radius 1 is 1.33 bits per heavy atom. The fourth-order valence-corrected chi connectivity index (χ4v) is 1.09. The van der Waals surface area contributed by atoms with Gasteiger partial charge in [0.05, 0.1) is 7.11 Å². The molecular weight excluding hydrogens is 216 g/mol. The van der Waals surface area contributed by atoms with Crippen LogP contribution in [0.3, 0.4) is 0 Å². The van der Waals surface area contributed by atoms with Crippen molar-refractivity contribution in [2.24, 2.45) is 0 Å². The minimum Gasteiger partial charge on any atom is -0.496 e. The molecule has 0 aliphatic heterocycles. The van der Waals surface area contributed by atoms with Crippen molar-refractivity contribution in [2.75, 3.05) is 7.11 Å². The lowest BCUT2D eigenvalue weighted by Crippen LogP contribution is -2.20. The van der Waals surface area contributed by atoms with Crippen LogP contribution >= 0.6 is 0 Å². The van der Waals surface area contributed by atoms with Crippen molar-refractivity contribution in [3.63, 3.8) is 0 Å². The molecule has 0 radical (unpaired) electrons. The van der Waals surface area contributed by atoms with Crippen LogP contribution in [0.25, 0.3) is 0 Å². The van der Waals surface area contributed by atoms with Crippen molar-refractivity contribution in [1.82, 2.24) is 0 Å². The molecule has 1 rings (SSSR count). The Kier molecular flexibility index (Phi) is 3.18. The van der Waals surface area contributed by atoms with Crippen molar-refractivity contribution in [3.8, 4) is 5.75 Å². The topological polar surface area (TPSA) is 29.5 Å². The van der Waals surface area contributed by atoms with Crippen molar-refractivity contribution in [1.29, 1.82) is 0 Å². The van der Waals surface area contributed by atoms with Gasteiger partial charge in [-0.25, -0.2) is 4.39 Å². The highest BCUT2D eigenvalue weighted by Gasteiger charge is 2.40. The Balaban J connectivity index is 3.14. The summed E-state index contributed by atoms with van der Waals surface area (Å²) in [6.45, 7) is 0. The average molecular weight is 224 g/mol. The molecule has 0 fully saturated rings. The monoisotopic (exact) mass is 224 g/mol. The van der Waals surface area contributed by atoms with E-state index < -0.39 is 23.7 Å². The highest BCUT2D eigenvalue weighted by atomic mass is 19.4. The molecule has 1 atom stereocenters. The minimum atomic E-state index is -4.80. The van der Waals surface area contributed by atoms with E-state index in [-0.39, 0.29) is 5.75 Å². The first kappa shape index (κ1) is 11.8. The Hall–Kier alpha value is -1.30. The first-order chi connectivity index (χ1) is 6.86. The van der Waals surface area contributed by atoms with Gasteiger partial charge in [0.25, 0.3) is 0 Å². The zero-order chi connectivity index (χ0) is 11.6. The highest BCUT2D eigenvalue weighted by Crippen LogP contribution is 2.37. The molecule has 2 nitrogen and oxygen atoms in total. The number of benzene rings is 1. The average Bonchev–Trinajstić information content (AvgIpc) is 2.15. The number of aliphatic hydroxyl groups excluding tert-OH is 1. The molecule has 0 saturated carbocycles. The van der Waals surface area contributed by atoms with Crippen LogP contribution in [0.2, 0.25) is 0 Å². The van der Waals surface area contributed by atoms with Gasteiger partial charge in [0.1, 0.15) is 11.6 Å². The molecule has 6 heteroatoms. The van der Waals surface area contributed by atoms with Crippen molar-refractivity contribution in [3.05, 3.63) is 29.6 Å². The molecule has 0 aliphatic rings. The second kappa shape index (κ2) is 4.06. The maximum Gasteiger partial charge on any atom is 0.418 e. The smallest absolute Gasteiger partial charge is 0.418 e. The van der Waals surface area contributed by atoms with Crippen LogP contribution in [0.1, 0.15) is 11.7 Å². The summed E-state index contributed by atoms with van der Waals surface area (Å²) in [7, 11) is 1.10. The molecular formula is C9H8F4O2. The van der Waals surface area contributed by atoms with E-state index in [0.29, 0.717) is 0 Å². The number of ether oxygens (including phenoxy) is 1. The van der Waals surface area contributed by atoms with Gasteiger partial charge in [-0.3, -0.25) is 0 Å². The minimum absolute atomic E-state index is 0.333. The molecule has 15 heavy (non-hydrogen) atoms. The van der Waals surface area contributed by atoms with Gasteiger partial charge < -0.3 is 9.84 Å². The summed E-state index contributed by atoms with van der Waals surface area (Å²) in [6.07, 6.45) is -7.47. The van der Waals surface area contributed by atoms with Crippen LogP contribution in [0.5, 0.6) is 5.75 Å². The summed E-state index contributed by atoms with van der Waals surface area (Å²) >= 11 is 0. The van der Waals surface area contributed by atoms with Gasteiger partial charge in [0, 0.05) is 11.6 Å². The quantitative estimate of drug-likeness (QED) is 0.782. The third-order valence-corrected chi connectivity index (χ3v) is 1.80. The van der Waals surface area contributed by atoms with Crippen LogP contribution in [0.4, 0.5) is 17.6 Å². The molecule has 1 unspecified atom stereocenters. The maximum absolute atomic E-state index is 12.7. The van der Waals surface area contributed by atoms with Crippen LogP contribution < -0.4 is 4.74 Å². The SMILES string of the molecule is COc1cc(F)ccc1C(O)C(F)(F)F. The highest BCUT2D eigenvalue weighted by molar-refractivity contribution is 5.36. The molecule has 0 saturated heterocycles. The van der Waals surface area contributed by atoms with Gasteiger partial charge in [-0.05, 0) is 12.1 Å². The lowest BCUT2D eigenvalue weighted by Gasteiger charge is -2.17. The number of hydrogen-bond donors (Lipinski definition) is 1. The third kappa shape index (κ3) is 2.59. The predicted octanol–water partition coefficient (Wildman–Crippen LogP) is 2.43. The van der Waals surface area contributed by atoms with E-state index in [9.17, 15) is 17.6 Å². The van der Waals surface area contributed by atoms with Crippen LogP contribution in [0, 0.1) is 5.82 Å². The van der Waals surface area contributed by atoms with Gasteiger partial charge in [-0.15, -0.1) is 0 Å². The lowest BCUT2D eigenvalue weighted by atomic mass is 10.1. The van der Waals surface area contributed by atoms with Crippen molar-refractivity contribution >= 4 is 0 Å². The Morgan fingerprint density at radius 2 is 1.93 bits per heavy atom. The van der Waals surface area contributed by atoms with Gasteiger partial charge in [0.15, 0.2) is 6.10 Å². The third-order valence-electron chi connectivity index (χ3n) is 1.80. The first-order valence-corrected chi connectivity index (χ1v) is 3.94. The molecule has 0 bridgehead atoms. The Bertz CT molecular complexity index is 348. The molecule has 0 heterocycles.